The number of aryl methyl sites for hydroxylation is 2. The molecular weight excluding hydrogens is 326 g/mol. The van der Waals surface area contributed by atoms with E-state index in [0.717, 1.165) is 48.5 Å². The van der Waals surface area contributed by atoms with Crippen LogP contribution in [0.4, 0.5) is 0 Å². The zero-order chi connectivity index (χ0) is 18.1. The standard InChI is InChI=1S/C21H23N3O2/c1-14-19(15(2)26-23-14)12-21(25)24-10-8-16(13-24)11-17-7-9-22-20-6-4-3-5-18(17)20/h3-7,9,16H,8,10-13H2,1-2H3. The number of carbonyl (C=O) groups excluding carboxylic acids is 1. The fourth-order valence-corrected chi connectivity index (χ4v) is 3.89. The van der Waals surface area contributed by atoms with Gasteiger partial charge in [-0.3, -0.25) is 9.78 Å². The van der Waals surface area contributed by atoms with E-state index in [4.69, 9.17) is 4.52 Å². The highest BCUT2D eigenvalue weighted by molar-refractivity contribution is 5.82. The molecule has 2 aromatic heterocycles. The lowest BCUT2D eigenvalue weighted by atomic mass is 9.96. The lowest BCUT2D eigenvalue weighted by Crippen LogP contribution is -2.30. The highest BCUT2D eigenvalue weighted by Crippen LogP contribution is 2.26. The molecule has 0 aliphatic carbocycles. The Morgan fingerprint density at radius 1 is 1.27 bits per heavy atom. The van der Waals surface area contributed by atoms with Gasteiger partial charge in [-0.15, -0.1) is 0 Å². The van der Waals surface area contributed by atoms with Crippen LogP contribution in [0.1, 0.15) is 29.0 Å². The molecule has 3 heterocycles. The van der Waals surface area contributed by atoms with Crippen LogP contribution >= 0.6 is 0 Å². The smallest absolute Gasteiger partial charge is 0.227 e. The Morgan fingerprint density at radius 3 is 2.92 bits per heavy atom. The Labute approximate surface area is 153 Å². The van der Waals surface area contributed by atoms with Gasteiger partial charge in [0.1, 0.15) is 5.76 Å². The van der Waals surface area contributed by atoms with E-state index in [1.807, 2.05) is 37.1 Å². The number of amides is 1. The monoisotopic (exact) mass is 349 g/mol. The molecule has 1 amide bonds. The van der Waals surface area contributed by atoms with Crippen LogP contribution in [-0.4, -0.2) is 34.0 Å². The number of aromatic nitrogens is 2. The van der Waals surface area contributed by atoms with Crippen LogP contribution in [0, 0.1) is 19.8 Å². The second-order valence-corrected chi connectivity index (χ2v) is 7.17. The normalized spacial score (nSPS) is 17.2. The molecule has 1 saturated heterocycles. The summed E-state index contributed by atoms with van der Waals surface area (Å²) in [5, 5.41) is 5.16. The number of carbonyl (C=O) groups is 1. The minimum atomic E-state index is 0.168. The van der Waals surface area contributed by atoms with Crippen LogP contribution in [-0.2, 0) is 17.6 Å². The molecule has 0 spiro atoms. The summed E-state index contributed by atoms with van der Waals surface area (Å²) in [5.41, 5.74) is 4.10. The Kier molecular flexibility index (Phi) is 4.45. The van der Waals surface area contributed by atoms with Crippen LogP contribution < -0.4 is 0 Å². The van der Waals surface area contributed by atoms with Crippen molar-refractivity contribution in [1.29, 1.82) is 0 Å². The van der Waals surface area contributed by atoms with Crippen molar-refractivity contribution in [3.8, 4) is 0 Å². The van der Waals surface area contributed by atoms with Gasteiger partial charge in [0.25, 0.3) is 0 Å². The maximum Gasteiger partial charge on any atom is 0.227 e. The van der Waals surface area contributed by atoms with E-state index >= 15 is 0 Å². The number of pyridine rings is 1. The van der Waals surface area contributed by atoms with Gasteiger partial charge in [0.15, 0.2) is 0 Å². The van der Waals surface area contributed by atoms with Gasteiger partial charge in [0.05, 0.1) is 17.6 Å². The molecule has 1 aromatic carbocycles. The number of benzene rings is 1. The van der Waals surface area contributed by atoms with Crippen molar-refractivity contribution in [2.24, 2.45) is 5.92 Å². The first-order valence-electron chi connectivity index (χ1n) is 9.14. The molecule has 1 aliphatic heterocycles. The van der Waals surface area contributed by atoms with Crippen LogP contribution in [0.25, 0.3) is 10.9 Å². The fraction of sp³-hybridized carbons (Fsp3) is 0.381. The van der Waals surface area contributed by atoms with Crippen molar-refractivity contribution >= 4 is 16.8 Å². The summed E-state index contributed by atoms with van der Waals surface area (Å²) in [6.07, 6.45) is 4.29. The van der Waals surface area contributed by atoms with E-state index in [9.17, 15) is 4.79 Å². The van der Waals surface area contributed by atoms with Crippen LogP contribution in [0.5, 0.6) is 0 Å². The van der Waals surface area contributed by atoms with E-state index in [1.165, 1.54) is 10.9 Å². The van der Waals surface area contributed by atoms with Gasteiger partial charge in [0.2, 0.25) is 5.91 Å². The molecule has 0 bridgehead atoms. The summed E-state index contributed by atoms with van der Waals surface area (Å²) >= 11 is 0. The molecule has 0 radical (unpaired) electrons. The lowest BCUT2D eigenvalue weighted by molar-refractivity contribution is -0.129. The zero-order valence-corrected chi connectivity index (χ0v) is 15.2. The number of hydrogen-bond acceptors (Lipinski definition) is 4. The molecule has 1 atom stereocenters. The molecule has 3 aromatic rings. The van der Waals surface area contributed by atoms with E-state index in [1.54, 1.807) is 0 Å². The zero-order valence-electron chi connectivity index (χ0n) is 15.2. The topological polar surface area (TPSA) is 59.2 Å². The Hall–Kier alpha value is -2.69. The largest absolute Gasteiger partial charge is 0.361 e. The third-order valence-corrected chi connectivity index (χ3v) is 5.40. The SMILES string of the molecule is Cc1noc(C)c1CC(=O)N1CCC(Cc2ccnc3ccccc23)C1. The highest BCUT2D eigenvalue weighted by Gasteiger charge is 2.27. The van der Waals surface area contributed by atoms with Gasteiger partial charge >= 0.3 is 0 Å². The molecular formula is C21H23N3O2. The number of para-hydroxylation sites is 1. The van der Waals surface area contributed by atoms with Gasteiger partial charge in [-0.2, -0.15) is 0 Å². The maximum absolute atomic E-state index is 12.7. The number of rotatable bonds is 4. The fourth-order valence-electron chi connectivity index (χ4n) is 3.89. The number of nitrogens with zero attached hydrogens (tertiary/aromatic N) is 3. The molecule has 0 N–H and O–H groups in total. The van der Waals surface area contributed by atoms with E-state index in [0.29, 0.717) is 12.3 Å². The average molecular weight is 349 g/mol. The second-order valence-electron chi connectivity index (χ2n) is 7.17. The van der Waals surface area contributed by atoms with Crippen LogP contribution in [0.15, 0.2) is 41.1 Å². The summed E-state index contributed by atoms with van der Waals surface area (Å²) in [6.45, 7) is 5.40. The molecule has 26 heavy (non-hydrogen) atoms. The molecule has 1 unspecified atom stereocenters. The molecule has 5 heteroatoms. The number of hydrogen-bond donors (Lipinski definition) is 0. The predicted octanol–water partition coefficient (Wildman–Crippen LogP) is 3.47. The number of likely N-dealkylation sites (tertiary alicyclic amines) is 1. The molecule has 5 nitrogen and oxygen atoms in total. The summed E-state index contributed by atoms with van der Waals surface area (Å²) in [5.74, 6) is 1.41. The Bertz CT molecular complexity index is 923. The summed E-state index contributed by atoms with van der Waals surface area (Å²) in [7, 11) is 0. The van der Waals surface area contributed by atoms with E-state index < -0.39 is 0 Å². The van der Waals surface area contributed by atoms with E-state index in [2.05, 4.69) is 28.3 Å². The van der Waals surface area contributed by atoms with Crippen molar-refractivity contribution in [2.45, 2.75) is 33.1 Å². The van der Waals surface area contributed by atoms with Gasteiger partial charge in [-0.05, 0) is 50.3 Å². The molecule has 1 aliphatic rings. The highest BCUT2D eigenvalue weighted by atomic mass is 16.5. The first kappa shape index (κ1) is 16.8. The molecule has 4 rings (SSSR count). The number of fused-ring (bicyclic) bond motifs is 1. The van der Waals surface area contributed by atoms with E-state index in [-0.39, 0.29) is 5.91 Å². The van der Waals surface area contributed by atoms with Gasteiger partial charge < -0.3 is 9.42 Å². The van der Waals surface area contributed by atoms with Gasteiger partial charge in [-0.1, -0.05) is 23.4 Å². The first-order chi connectivity index (χ1) is 12.6. The van der Waals surface area contributed by atoms with Crippen LogP contribution in [0.2, 0.25) is 0 Å². The maximum atomic E-state index is 12.7. The Morgan fingerprint density at radius 2 is 2.12 bits per heavy atom. The Balaban J connectivity index is 1.43. The summed E-state index contributed by atoms with van der Waals surface area (Å²) in [4.78, 5) is 19.1. The molecule has 134 valence electrons. The minimum Gasteiger partial charge on any atom is -0.361 e. The summed E-state index contributed by atoms with van der Waals surface area (Å²) < 4.78 is 5.17. The molecule has 0 saturated carbocycles. The quantitative estimate of drug-likeness (QED) is 0.724. The minimum absolute atomic E-state index is 0.168. The van der Waals surface area contributed by atoms with Gasteiger partial charge in [0, 0.05) is 30.2 Å². The first-order valence-corrected chi connectivity index (χ1v) is 9.14. The van der Waals surface area contributed by atoms with Crippen molar-refractivity contribution in [2.75, 3.05) is 13.1 Å². The lowest BCUT2D eigenvalue weighted by Gasteiger charge is -2.17. The van der Waals surface area contributed by atoms with Gasteiger partial charge in [-0.25, -0.2) is 0 Å². The third kappa shape index (κ3) is 3.21. The van der Waals surface area contributed by atoms with Crippen LogP contribution in [0.3, 0.4) is 0 Å². The summed E-state index contributed by atoms with van der Waals surface area (Å²) in [6, 6.07) is 10.4. The second kappa shape index (κ2) is 6.90. The third-order valence-electron chi connectivity index (χ3n) is 5.40. The predicted molar refractivity (Wildman–Crippen MR) is 99.8 cm³/mol. The average Bonchev–Trinajstić information content (AvgIpc) is 3.24. The van der Waals surface area contributed by atoms with Crippen molar-refractivity contribution in [3.63, 3.8) is 0 Å². The van der Waals surface area contributed by atoms with Crippen molar-refractivity contribution < 1.29 is 9.32 Å². The van der Waals surface area contributed by atoms with Crippen molar-refractivity contribution in [3.05, 3.63) is 59.1 Å². The molecule has 1 fully saturated rings. The van der Waals surface area contributed by atoms with Crippen molar-refractivity contribution in [1.82, 2.24) is 15.0 Å².